The summed E-state index contributed by atoms with van der Waals surface area (Å²) in [6.07, 6.45) is 5.15. The van der Waals surface area contributed by atoms with Gasteiger partial charge < -0.3 is 15.0 Å². The molecule has 0 spiro atoms. The summed E-state index contributed by atoms with van der Waals surface area (Å²) in [6.45, 7) is 4.64. The standard InChI is InChI=1S/C29H35N3O5S/c1-17-2-5-21(33)12-23(17)29-13-20-16-32(15-18-3-4-18)26(20)24(29)11-19-10-22(27(34)30-25(19)14-29)28(35)31-6-8-38(36,37)9-7-31/h2,5,10,12,18,20,24,26,33H,3-4,6-9,11,13-16H2,1H3,(H,30,34)/t20?,24-,26+,29+/m0/s1. The van der Waals surface area contributed by atoms with Crippen LogP contribution < -0.4 is 5.56 Å². The maximum absolute atomic E-state index is 13.3. The summed E-state index contributed by atoms with van der Waals surface area (Å²) in [5.74, 6) is 1.52. The molecule has 2 aliphatic heterocycles. The van der Waals surface area contributed by atoms with E-state index in [0.29, 0.717) is 24.3 Å². The first-order valence-electron chi connectivity index (χ1n) is 13.9. The van der Waals surface area contributed by atoms with Crippen LogP contribution in [0, 0.1) is 24.7 Å². The molecule has 3 heterocycles. The van der Waals surface area contributed by atoms with E-state index in [4.69, 9.17) is 0 Å². The summed E-state index contributed by atoms with van der Waals surface area (Å²) >= 11 is 0. The average Bonchev–Trinajstić information content (AvgIpc) is 3.64. The normalized spacial score (nSPS) is 31.7. The lowest BCUT2D eigenvalue weighted by molar-refractivity contribution is 0.00552. The van der Waals surface area contributed by atoms with E-state index in [9.17, 15) is 23.1 Å². The zero-order chi connectivity index (χ0) is 26.4. The van der Waals surface area contributed by atoms with Gasteiger partial charge in [-0.25, -0.2) is 8.42 Å². The summed E-state index contributed by atoms with van der Waals surface area (Å²) in [5, 5.41) is 10.5. The number of carbonyl (C=O) groups is 1. The van der Waals surface area contributed by atoms with Crippen molar-refractivity contribution in [3.8, 4) is 5.75 Å². The molecular formula is C29H35N3O5S. The Hall–Kier alpha value is -2.65. The summed E-state index contributed by atoms with van der Waals surface area (Å²) < 4.78 is 23.7. The molecule has 4 fully saturated rings. The van der Waals surface area contributed by atoms with Gasteiger partial charge in [0.05, 0.1) is 11.5 Å². The molecule has 2 N–H and O–H groups in total. The zero-order valence-corrected chi connectivity index (χ0v) is 22.6. The molecule has 1 amide bonds. The number of benzene rings is 1. The van der Waals surface area contributed by atoms with E-state index in [0.717, 1.165) is 43.1 Å². The molecule has 3 aliphatic carbocycles. The van der Waals surface area contributed by atoms with Crippen LogP contribution in [0.3, 0.4) is 0 Å². The number of H-pyrrole nitrogens is 1. The number of carbonyl (C=O) groups excluding carboxylic acids is 1. The van der Waals surface area contributed by atoms with Crippen LogP contribution in [-0.4, -0.2) is 77.9 Å². The number of hydrogen-bond donors (Lipinski definition) is 2. The number of hydrogen-bond acceptors (Lipinski definition) is 6. The van der Waals surface area contributed by atoms with Gasteiger partial charge in [0, 0.05) is 43.3 Å². The number of nitrogens with zero attached hydrogens (tertiary/aromatic N) is 2. The van der Waals surface area contributed by atoms with Gasteiger partial charge in [-0.3, -0.25) is 14.5 Å². The Labute approximate surface area is 223 Å². The molecule has 2 aromatic rings. The van der Waals surface area contributed by atoms with Crippen molar-refractivity contribution < 1.29 is 18.3 Å². The van der Waals surface area contributed by atoms with Gasteiger partial charge in [-0.05, 0) is 91.7 Å². The molecular weight excluding hydrogens is 502 g/mol. The minimum atomic E-state index is -3.12. The summed E-state index contributed by atoms with van der Waals surface area (Å²) in [6, 6.07) is 7.94. The largest absolute Gasteiger partial charge is 0.508 e. The minimum absolute atomic E-state index is 0.0602. The van der Waals surface area contributed by atoms with Crippen LogP contribution in [0.2, 0.25) is 0 Å². The maximum Gasteiger partial charge on any atom is 0.261 e. The fourth-order valence-electron chi connectivity index (χ4n) is 8.05. The molecule has 5 aliphatic rings. The number of phenolic OH excluding ortho intramolecular Hbond substituents is 1. The number of likely N-dealkylation sites (tertiary alicyclic amines) is 1. The van der Waals surface area contributed by atoms with Gasteiger partial charge in [0.1, 0.15) is 11.3 Å². The number of pyridine rings is 1. The average molecular weight is 538 g/mol. The number of amides is 1. The number of rotatable bonds is 4. The van der Waals surface area contributed by atoms with Gasteiger partial charge in [-0.2, -0.15) is 0 Å². The number of nitrogens with one attached hydrogen (secondary N) is 1. The van der Waals surface area contributed by atoms with Crippen molar-refractivity contribution in [1.29, 1.82) is 0 Å². The van der Waals surface area contributed by atoms with Crippen LogP contribution in [0.4, 0.5) is 0 Å². The van der Waals surface area contributed by atoms with Gasteiger partial charge in [-0.15, -0.1) is 0 Å². The van der Waals surface area contributed by atoms with Gasteiger partial charge in [0.2, 0.25) is 0 Å². The van der Waals surface area contributed by atoms with Crippen LogP contribution in [-0.2, 0) is 28.1 Å². The highest BCUT2D eigenvalue weighted by molar-refractivity contribution is 7.91. The predicted octanol–water partition coefficient (Wildman–Crippen LogP) is 2.03. The monoisotopic (exact) mass is 537 g/mol. The van der Waals surface area contributed by atoms with Gasteiger partial charge in [0.15, 0.2) is 9.84 Å². The highest BCUT2D eigenvalue weighted by atomic mass is 32.2. The third-order valence-corrected chi connectivity index (χ3v) is 11.7. The Kier molecular flexibility index (Phi) is 5.41. The molecule has 202 valence electrons. The van der Waals surface area contributed by atoms with E-state index in [1.807, 2.05) is 12.1 Å². The third-order valence-electron chi connectivity index (χ3n) is 10.1. The highest BCUT2D eigenvalue weighted by Crippen LogP contribution is 2.60. The molecule has 1 aromatic heterocycles. The van der Waals surface area contributed by atoms with Crippen LogP contribution in [0.25, 0.3) is 0 Å². The first kappa shape index (κ1) is 24.4. The Balaban J connectivity index is 1.26. The van der Waals surface area contributed by atoms with Gasteiger partial charge in [-0.1, -0.05) is 6.07 Å². The minimum Gasteiger partial charge on any atom is -0.508 e. The number of sulfone groups is 1. The lowest BCUT2D eigenvalue weighted by atomic mass is 9.62. The Morgan fingerprint density at radius 1 is 1.18 bits per heavy atom. The molecule has 0 bridgehead atoms. The topological polar surface area (TPSA) is 111 Å². The highest BCUT2D eigenvalue weighted by Gasteiger charge is 2.62. The molecule has 4 atom stereocenters. The molecule has 2 saturated heterocycles. The van der Waals surface area contributed by atoms with Crippen molar-refractivity contribution in [2.45, 2.75) is 50.5 Å². The fourth-order valence-corrected chi connectivity index (χ4v) is 9.25. The van der Waals surface area contributed by atoms with E-state index in [1.54, 1.807) is 12.1 Å². The number of aryl methyl sites for hydroxylation is 1. The Morgan fingerprint density at radius 3 is 2.68 bits per heavy atom. The molecule has 0 radical (unpaired) electrons. The molecule has 38 heavy (non-hydrogen) atoms. The number of phenols is 1. The first-order chi connectivity index (χ1) is 18.1. The van der Waals surface area contributed by atoms with E-state index in [1.165, 1.54) is 28.9 Å². The summed E-state index contributed by atoms with van der Waals surface area (Å²) in [5.41, 5.74) is 3.81. The number of aromatic amines is 1. The van der Waals surface area contributed by atoms with E-state index in [2.05, 4.69) is 16.8 Å². The number of aromatic hydroxyl groups is 1. The second kappa shape index (κ2) is 8.42. The molecule has 8 nitrogen and oxygen atoms in total. The van der Waals surface area contributed by atoms with Crippen molar-refractivity contribution in [2.75, 3.05) is 37.7 Å². The van der Waals surface area contributed by atoms with Crippen molar-refractivity contribution in [3.63, 3.8) is 0 Å². The Bertz CT molecular complexity index is 1480. The lowest BCUT2D eigenvalue weighted by Crippen LogP contribution is -2.58. The zero-order valence-electron chi connectivity index (χ0n) is 21.8. The molecule has 2 saturated carbocycles. The molecule has 7 rings (SSSR count). The van der Waals surface area contributed by atoms with Gasteiger partial charge in [0.25, 0.3) is 11.5 Å². The van der Waals surface area contributed by atoms with E-state index < -0.39 is 15.4 Å². The van der Waals surface area contributed by atoms with Crippen LogP contribution in [0.1, 0.15) is 52.0 Å². The van der Waals surface area contributed by atoms with Crippen LogP contribution in [0.5, 0.6) is 5.75 Å². The second-order valence-electron chi connectivity index (χ2n) is 12.5. The molecule has 1 aromatic carbocycles. The summed E-state index contributed by atoms with van der Waals surface area (Å²) in [4.78, 5) is 33.7. The predicted molar refractivity (Wildman–Crippen MR) is 143 cm³/mol. The van der Waals surface area contributed by atoms with Crippen molar-refractivity contribution in [3.05, 3.63) is 62.6 Å². The van der Waals surface area contributed by atoms with Crippen molar-refractivity contribution in [2.24, 2.45) is 17.8 Å². The number of fused-ring (bicyclic) bond motifs is 4. The summed E-state index contributed by atoms with van der Waals surface area (Å²) in [7, 11) is -3.12. The third kappa shape index (κ3) is 3.84. The molecule has 1 unspecified atom stereocenters. The van der Waals surface area contributed by atoms with E-state index >= 15 is 0 Å². The van der Waals surface area contributed by atoms with E-state index in [-0.39, 0.29) is 47.2 Å². The van der Waals surface area contributed by atoms with Crippen molar-refractivity contribution >= 4 is 15.7 Å². The fraction of sp³-hybridized carbons (Fsp3) is 0.586. The van der Waals surface area contributed by atoms with Gasteiger partial charge >= 0.3 is 0 Å². The lowest BCUT2D eigenvalue weighted by Gasteiger charge is -2.49. The quantitative estimate of drug-likeness (QED) is 0.618. The SMILES string of the molecule is Cc1ccc(O)cc1[C@@]12Cc3[nH]c(=O)c(C(=O)N4CCS(=O)(=O)CC4)cc3C[C@H]1[C@H]1C(CN1CC1CC1)C2. The smallest absolute Gasteiger partial charge is 0.261 e. The van der Waals surface area contributed by atoms with Crippen LogP contribution >= 0.6 is 0 Å². The van der Waals surface area contributed by atoms with Crippen LogP contribution in [0.15, 0.2) is 29.1 Å². The number of aromatic nitrogens is 1. The maximum atomic E-state index is 13.3. The Morgan fingerprint density at radius 2 is 1.95 bits per heavy atom. The molecule has 9 heteroatoms. The first-order valence-corrected chi connectivity index (χ1v) is 15.7. The second-order valence-corrected chi connectivity index (χ2v) is 14.8. The van der Waals surface area contributed by atoms with Crippen molar-refractivity contribution in [1.82, 2.24) is 14.8 Å².